The van der Waals surface area contributed by atoms with Crippen LogP contribution >= 0.6 is 11.6 Å². The maximum absolute atomic E-state index is 10.6. The van der Waals surface area contributed by atoms with Gasteiger partial charge in [-0.05, 0) is 49.5 Å². The summed E-state index contributed by atoms with van der Waals surface area (Å²) in [5, 5.41) is 9.43. The minimum absolute atomic E-state index is 0.0773. The summed E-state index contributed by atoms with van der Waals surface area (Å²) >= 11 is 6.37. The predicted molar refractivity (Wildman–Crippen MR) is 80.1 cm³/mol. The first-order chi connectivity index (χ1) is 9.47. The Labute approximate surface area is 124 Å². The molecule has 1 saturated heterocycles. The SMILES string of the molecule is CN1CCC(c2ccc(C(N)CCC(=O)O)cc2Cl)C1. The lowest BCUT2D eigenvalue weighted by Crippen LogP contribution is -2.14. The number of aliphatic carboxylic acids is 1. The topological polar surface area (TPSA) is 66.6 Å². The molecule has 1 aromatic rings. The number of nitrogens with two attached hydrogens (primary N) is 1. The number of carboxylic acids is 1. The quantitative estimate of drug-likeness (QED) is 0.876. The second-order valence-electron chi connectivity index (χ2n) is 5.57. The number of carbonyl (C=O) groups is 1. The summed E-state index contributed by atoms with van der Waals surface area (Å²) in [6.07, 6.45) is 1.63. The van der Waals surface area contributed by atoms with Gasteiger partial charge < -0.3 is 15.7 Å². The highest BCUT2D eigenvalue weighted by atomic mass is 35.5. The Hall–Kier alpha value is -1.10. The molecular weight excluding hydrogens is 276 g/mol. The molecular formula is C15H21ClN2O2. The fraction of sp³-hybridized carbons (Fsp3) is 0.533. The number of halogens is 1. The molecule has 2 rings (SSSR count). The summed E-state index contributed by atoms with van der Waals surface area (Å²) in [5.41, 5.74) is 8.09. The van der Waals surface area contributed by atoms with Crippen LogP contribution in [-0.2, 0) is 4.79 Å². The minimum atomic E-state index is -0.822. The molecule has 110 valence electrons. The lowest BCUT2D eigenvalue weighted by Gasteiger charge is -2.16. The summed E-state index contributed by atoms with van der Waals surface area (Å²) in [4.78, 5) is 12.9. The van der Waals surface area contributed by atoms with Gasteiger partial charge in [-0.15, -0.1) is 0 Å². The van der Waals surface area contributed by atoms with E-state index in [0.29, 0.717) is 12.3 Å². The molecule has 2 unspecified atom stereocenters. The number of likely N-dealkylation sites (tertiary alicyclic amines) is 1. The van der Waals surface area contributed by atoms with Crippen molar-refractivity contribution in [2.24, 2.45) is 5.73 Å². The van der Waals surface area contributed by atoms with Crippen molar-refractivity contribution in [3.8, 4) is 0 Å². The molecule has 5 heteroatoms. The van der Waals surface area contributed by atoms with E-state index in [4.69, 9.17) is 22.4 Å². The van der Waals surface area contributed by atoms with Crippen molar-refractivity contribution >= 4 is 17.6 Å². The van der Waals surface area contributed by atoms with E-state index in [1.54, 1.807) is 0 Å². The lowest BCUT2D eigenvalue weighted by molar-refractivity contribution is -0.137. The molecule has 2 atom stereocenters. The highest BCUT2D eigenvalue weighted by Gasteiger charge is 2.23. The largest absolute Gasteiger partial charge is 0.481 e. The van der Waals surface area contributed by atoms with Crippen LogP contribution in [0, 0.1) is 0 Å². The first-order valence-corrected chi connectivity index (χ1v) is 7.30. The van der Waals surface area contributed by atoms with E-state index in [9.17, 15) is 4.79 Å². The molecule has 1 heterocycles. The number of nitrogens with zero attached hydrogens (tertiary/aromatic N) is 1. The zero-order valence-electron chi connectivity index (χ0n) is 11.7. The van der Waals surface area contributed by atoms with Crippen LogP contribution in [-0.4, -0.2) is 36.1 Å². The summed E-state index contributed by atoms with van der Waals surface area (Å²) < 4.78 is 0. The van der Waals surface area contributed by atoms with Crippen molar-refractivity contribution in [3.05, 3.63) is 34.3 Å². The second-order valence-corrected chi connectivity index (χ2v) is 5.97. The monoisotopic (exact) mass is 296 g/mol. The summed E-state index contributed by atoms with van der Waals surface area (Å²) in [6.45, 7) is 2.13. The Morgan fingerprint density at radius 1 is 1.60 bits per heavy atom. The Kier molecular flexibility index (Phi) is 5.02. The second kappa shape index (κ2) is 6.57. The van der Waals surface area contributed by atoms with E-state index < -0.39 is 5.97 Å². The number of likely N-dealkylation sites (N-methyl/N-ethyl adjacent to an activating group) is 1. The molecule has 1 aliphatic heterocycles. The lowest BCUT2D eigenvalue weighted by atomic mass is 9.94. The van der Waals surface area contributed by atoms with Crippen LogP contribution in [0.5, 0.6) is 0 Å². The molecule has 1 aliphatic rings. The highest BCUT2D eigenvalue weighted by molar-refractivity contribution is 6.31. The highest BCUT2D eigenvalue weighted by Crippen LogP contribution is 2.33. The fourth-order valence-electron chi connectivity index (χ4n) is 2.74. The van der Waals surface area contributed by atoms with Crippen LogP contribution in [0.25, 0.3) is 0 Å². The van der Waals surface area contributed by atoms with Gasteiger partial charge >= 0.3 is 5.97 Å². The first kappa shape index (κ1) is 15.3. The average Bonchev–Trinajstić information content (AvgIpc) is 2.82. The average molecular weight is 297 g/mol. The molecule has 3 N–H and O–H groups in total. The molecule has 20 heavy (non-hydrogen) atoms. The van der Waals surface area contributed by atoms with Crippen molar-refractivity contribution in [2.75, 3.05) is 20.1 Å². The third-order valence-electron chi connectivity index (χ3n) is 3.95. The molecule has 0 aromatic heterocycles. The van der Waals surface area contributed by atoms with Crippen LogP contribution in [0.1, 0.15) is 42.3 Å². The minimum Gasteiger partial charge on any atom is -0.481 e. The number of benzene rings is 1. The van der Waals surface area contributed by atoms with Gasteiger partial charge in [-0.2, -0.15) is 0 Å². The molecule has 0 bridgehead atoms. The van der Waals surface area contributed by atoms with Crippen molar-refractivity contribution < 1.29 is 9.90 Å². The third kappa shape index (κ3) is 3.72. The Balaban J connectivity index is 2.07. The van der Waals surface area contributed by atoms with E-state index in [2.05, 4.69) is 11.9 Å². The Morgan fingerprint density at radius 2 is 2.35 bits per heavy atom. The molecule has 0 aliphatic carbocycles. The Morgan fingerprint density at radius 3 is 2.90 bits per heavy atom. The zero-order chi connectivity index (χ0) is 14.7. The number of rotatable bonds is 5. The number of carboxylic acid groups (broad SMARTS) is 1. The molecule has 0 saturated carbocycles. The van der Waals surface area contributed by atoms with Crippen molar-refractivity contribution in [1.82, 2.24) is 4.90 Å². The van der Waals surface area contributed by atoms with E-state index in [-0.39, 0.29) is 12.5 Å². The van der Waals surface area contributed by atoms with Crippen LogP contribution in [0.15, 0.2) is 18.2 Å². The van der Waals surface area contributed by atoms with Gasteiger partial charge in [0.25, 0.3) is 0 Å². The van der Waals surface area contributed by atoms with Crippen LogP contribution < -0.4 is 5.73 Å². The van der Waals surface area contributed by atoms with Gasteiger partial charge in [-0.1, -0.05) is 23.7 Å². The van der Waals surface area contributed by atoms with Crippen molar-refractivity contribution in [3.63, 3.8) is 0 Å². The maximum atomic E-state index is 10.6. The van der Waals surface area contributed by atoms with Crippen molar-refractivity contribution in [1.29, 1.82) is 0 Å². The van der Waals surface area contributed by atoms with E-state index in [1.165, 1.54) is 5.56 Å². The van der Waals surface area contributed by atoms with Crippen LogP contribution in [0.3, 0.4) is 0 Å². The van der Waals surface area contributed by atoms with Gasteiger partial charge in [0.2, 0.25) is 0 Å². The standard InChI is InChI=1S/C15H21ClN2O2/c1-18-7-6-11(9-18)12-3-2-10(8-13(12)16)14(17)4-5-15(19)20/h2-3,8,11,14H,4-7,9,17H2,1H3,(H,19,20). The first-order valence-electron chi connectivity index (χ1n) is 6.92. The van der Waals surface area contributed by atoms with Gasteiger partial charge in [0, 0.05) is 24.0 Å². The van der Waals surface area contributed by atoms with Crippen molar-refractivity contribution in [2.45, 2.75) is 31.2 Å². The predicted octanol–water partition coefficient (Wildman–Crippen LogP) is 2.62. The van der Waals surface area contributed by atoms with Gasteiger partial charge in [-0.25, -0.2) is 0 Å². The van der Waals surface area contributed by atoms with Gasteiger partial charge in [-0.3, -0.25) is 4.79 Å². The summed E-state index contributed by atoms with van der Waals surface area (Å²) in [7, 11) is 2.12. The molecule has 0 amide bonds. The third-order valence-corrected chi connectivity index (χ3v) is 4.28. The van der Waals surface area contributed by atoms with Gasteiger partial charge in [0.15, 0.2) is 0 Å². The van der Waals surface area contributed by atoms with E-state index in [1.807, 2.05) is 18.2 Å². The normalized spacial score (nSPS) is 21.1. The van der Waals surface area contributed by atoms with E-state index in [0.717, 1.165) is 30.1 Å². The van der Waals surface area contributed by atoms with Gasteiger partial charge in [0.05, 0.1) is 0 Å². The fourth-order valence-corrected chi connectivity index (χ4v) is 3.08. The molecule has 1 fully saturated rings. The Bertz CT molecular complexity index is 493. The smallest absolute Gasteiger partial charge is 0.303 e. The molecule has 0 spiro atoms. The zero-order valence-corrected chi connectivity index (χ0v) is 12.4. The van der Waals surface area contributed by atoms with Crippen LogP contribution in [0.2, 0.25) is 5.02 Å². The molecule has 4 nitrogen and oxygen atoms in total. The molecule has 0 radical (unpaired) electrons. The van der Waals surface area contributed by atoms with E-state index >= 15 is 0 Å². The summed E-state index contributed by atoms with van der Waals surface area (Å²) in [5.74, 6) is -0.339. The summed E-state index contributed by atoms with van der Waals surface area (Å²) in [6, 6.07) is 5.64. The number of hydrogen-bond acceptors (Lipinski definition) is 3. The van der Waals surface area contributed by atoms with Crippen LogP contribution in [0.4, 0.5) is 0 Å². The maximum Gasteiger partial charge on any atom is 0.303 e. The van der Waals surface area contributed by atoms with Gasteiger partial charge in [0.1, 0.15) is 0 Å². The number of hydrogen-bond donors (Lipinski definition) is 2. The molecule has 1 aromatic carbocycles.